The van der Waals surface area contributed by atoms with Crippen molar-refractivity contribution in [3.8, 4) is 0 Å². The molecule has 1 aromatic rings. The topological polar surface area (TPSA) is 12.0 Å². The lowest BCUT2D eigenvalue weighted by Crippen LogP contribution is -2.37. The molecule has 1 aliphatic carbocycles. The van der Waals surface area contributed by atoms with Gasteiger partial charge in [-0.3, -0.25) is 0 Å². The molecule has 2 unspecified atom stereocenters. The van der Waals surface area contributed by atoms with E-state index >= 15 is 0 Å². The van der Waals surface area contributed by atoms with E-state index in [2.05, 4.69) is 26.1 Å². The predicted molar refractivity (Wildman–Crippen MR) is 73.9 cm³/mol. The lowest BCUT2D eigenvalue weighted by molar-refractivity contribution is 0.228. The molecule has 2 heteroatoms. The second-order valence-corrected chi connectivity index (χ2v) is 6.05. The van der Waals surface area contributed by atoms with Gasteiger partial charge in [0.1, 0.15) is 5.82 Å². The van der Waals surface area contributed by atoms with Gasteiger partial charge in [-0.05, 0) is 55.7 Å². The summed E-state index contributed by atoms with van der Waals surface area (Å²) in [6, 6.07) is 7.74. The Labute approximate surface area is 110 Å². The van der Waals surface area contributed by atoms with Gasteiger partial charge in [0.2, 0.25) is 0 Å². The third kappa shape index (κ3) is 3.55. The summed E-state index contributed by atoms with van der Waals surface area (Å²) in [4.78, 5) is 0. The van der Waals surface area contributed by atoms with Crippen LogP contribution < -0.4 is 5.32 Å². The van der Waals surface area contributed by atoms with Crippen LogP contribution in [0.1, 0.15) is 51.6 Å². The van der Waals surface area contributed by atoms with E-state index in [4.69, 9.17) is 0 Å². The molecule has 0 radical (unpaired) electrons. The molecule has 3 atom stereocenters. The van der Waals surface area contributed by atoms with E-state index in [-0.39, 0.29) is 5.82 Å². The third-order valence-corrected chi connectivity index (χ3v) is 4.03. The molecule has 0 saturated heterocycles. The van der Waals surface area contributed by atoms with Crippen LogP contribution in [0.2, 0.25) is 0 Å². The van der Waals surface area contributed by atoms with Gasteiger partial charge in [0.25, 0.3) is 0 Å². The summed E-state index contributed by atoms with van der Waals surface area (Å²) in [6.45, 7) is 6.84. The molecule has 0 spiro atoms. The van der Waals surface area contributed by atoms with Crippen molar-refractivity contribution in [2.75, 3.05) is 0 Å². The third-order valence-electron chi connectivity index (χ3n) is 4.03. The van der Waals surface area contributed by atoms with Gasteiger partial charge >= 0.3 is 0 Å². The summed E-state index contributed by atoms with van der Waals surface area (Å²) < 4.78 is 12.9. The second-order valence-electron chi connectivity index (χ2n) is 6.05. The molecular weight excluding hydrogens is 225 g/mol. The van der Waals surface area contributed by atoms with E-state index in [0.29, 0.717) is 12.1 Å². The van der Waals surface area contributed by atoms with Crippen molar-refractivity contribution >= 4 is 0 Å². The normalized spacial score (nSPS) is 30.1. The van der Waals surface area contributed by atoms with E-state index in [1.54, 1.807) is 12.1 Å². The maximum Gasteiger partial charge on any atom is 0.123 e. The van der Waals surface area contributed by atoms with Crippen LogP contribution in [0.5, 0.6) is 0 Å². The second kappa shape index (κ2) is 5.83. The molecule has 0 aromatic heterocycles. The van der Waals surface area contributed by atoms with Gasteiger partial charge in [0.05, 0.1) is 0 Å². The fourth-order valence-corrected chi connectivity index (χ4v) is 3.28. The number of hydrogen-bond acceptors (Lipinski definition) is 1. The zero-order valence-corrected chi connectivity index (χ0v) is 11.6. The highest BCUT2D eigenvalue weighted by atomic mass is 19.1. The lowest BCUT2D eigenvalue weighted by atomic mass is 9.80. The van der Waals surface area contributed by atoms with E-state index in [1.165, 1.54) is 24.8 Å². The number of benzene rings is 1. The van der Waals surface area contributed by atoms with Crippen LogP contribution in [0.15, 0.2) is 24.3 Å². The van der Waals surface area contributed by atoms with E-state index in [0.717, 1.165) is 11.8 Å². The molecule has 1 N–H and O–H groups in total. The highest BCUT2D eigenvalue weighted by Crippen LogP contribution is 2.29. The van der Waals surface area contributed by atoms with E-state index < -0.39 is 0 Å². The van der Waals surface area contributed by atoms with Crippen LogP contribution in [0, 0.1) is 17.7 Å². The summed E-state index contributed by atoms with van der Waals surface area (Å²) in [5.74, 6) is 1.46. The van der Waals surface area contributed by atoms with Gasteiger partial charge in [-0.1, -0.05) is 26.0 Å². The Kier molecular flexibility index (Phi) is 4.39. The number of hydrogen-bond donors (Lipinski definition) is 1. The van der Waals surface area contributed by atoms with Gasteiger partial charge in [0, 0.05) is 12.1 Å². The quantitative estimate of drug-likeness (QED) is 0.842. The first kappa shape index (κ1) is 13.5. The summed E-state index contributed by atoms with van der Waals surface area (Å²) in [6.07, 6.45) is 3.87. The Bertz CT molecular complexity index is 363. The Morgan fingerprint density at radius 2 is 1.61 bits per heavy atom. The van der Waals surface area contributed by atoms with Gasteiger partial charge in [-0.15, -0.1) is 0 Å². The van der Waals surface area contributed by atoms with Gasteiger partial charge < -0.3 is 5.32 Å². The van der Waals surface area contributed by atoms with Crippen molar-refractivity contribution in [1.29, 1.82) is 0 Å². The Hall–Kier alpha value is -0.890. The summed E-state index contributed by atoms with van der Waals surface area (Å²) >= 11 is 0. The molecule has 1 nitrogen and oxygen atoms in total. The van der Waals surface area contributed by atoms with Crippen molar-refractivity contribution in [3.63, 3.8) is 0 Å². The van der Waals surface area contributed by atoms with Crippen LogP contribution in [0.25, 0.3) is 0 Å². The minimum Gasteiger partial charge on any atom is -0.307 e. The minimum atomic E-state index is -0.161. The van der Waals surface area contributed by atoms with Crippen LogP contribution >= 0.6 is 0 Å². The fraction of sp³-hybridized carbons (Fsp3) is 0.625. The largest absolute Gasteiger partial charge is 0.307 e. The molecule has 1 aliphatic rings. The first-order valence-corrected chi connectivity index (χ1v) is 7.06. The molecule has 0 amide bonds. The smallest absolute Gasteiger partial charge is 0.123 e. The van der Waals surface area contributed by atoms with Crippen LogP contribution in [0.3, 0.4) is 0 Å². The molecule has 18 heavy (non-hydrogen) atoms. The predicted octanol–water partition coefficient (Wildman–Crippen LogP) is 4.30. The highest BCUT2D eigenvalue weighted by molar-refractivity contribution is 5.19. The SMILES string of the molecule is CC1CC(C)CC(N[C@H](C)c2ccc(F)cc2)C1. The van der Waals surface area contributed by atoms with Crippen LogP contribution in [-0.2, 0) is 0 Å². The van der Waals surface area contributed by atoms with Crippen molar-refractivity contribution in [2.24, 2.45) is 11.8 Å². The van der Waals surface area contributed by atoms with Crippen molar-refractivity contribution in [1.82, 2.24) is 5.32 Å². The molecule has 1 saturated carbocycles. The minimum absolute atomic E-state index is 0.161. The number of nitrogens with one attached hydrogen (secondary N) is 1. The van der Waals surface area contributed by atoms with Crippen LogP contribution in [0.4, 0.5) is 4.39 Å². The average Bonchev–Trinajstić information content (AvgIpc) is 2.28. The average molecular weight is 249 g/mol. The zero-order chi connectivity index (χ0) is 13.1. The lowest BCUT2D eigenvalue weighted by Gasteiger charge is -2.34. The monoisotopic (exact) mass is 249 g/mol. The van der Waals surface area contributed by atoms with Crippen molar-refractivity contribution in [2.45, 2.75) is 52.1 Å². The van der Waals surface area contributed by atoms with Crippen molar-refractivity contribution in [3.05, 3.63) is 35.6 Å². The Balaban J connectivity index is 1.94. The Morgan fingerprint density at radius 3 is 2.17 bits per heavy atom. The first-order chi connectivity index (χ1) is 8.54. The van der Waals surface area contributed by atoms with E-state index in [9.17, 15) is 4.39 Å². The standard InChI is InChI=1S/C16H24FN/c1-11-8-12(2)10-16(9-11)18-13(3)14-4-6-15(17)7-5-14/h4-7,11-13,16,18H,8-10H2,1-3H3/t11?,12?,13-,16?/m1/s1. The molecule has 2 rings (SSSR count). The van der Waals surface area contributed by atoms with Gasteiger partial charge in [-0.2, -0.15) is 0 Å². The first-order valence-electron chi connectivity index (χ1n) is 7.06. The molecule has 0 bridgehead atoms. The summed E-state index contributed by atoms with van der Waals surface area (Å²) in [5, 5.41) is 3.69. The molecule has 0 heterocycles. The molecule has 100 valence electrons. The van der Waals surface area contributed by atoms with Crippen molar-refractivity contribution < 1.29 is 4.39 Å². The number of rotatable bonds is 3. The van der Waals surface area contributed by atoms with Gasteiger partial charge in [-0.25, -0.2) is 4.39 Å². The zero-order valence-electron chi connectivity index (χ0n) is 11.6. The highest BCUT2D eigenvalue weighted by Gasteiger charge is 2.24. The van der Waals surface area contributed by atoms with Crippen LogP contribution in [-0.4, -0.2) is 6.04 Å². The molecule has 0 aliphatic heterocycles. The fourth-order valence-electron chi connectivity index (χ4n) is 3.28. The molecule has 1 aromatic carbocycles. The molecule has 1 fully saturated rings. The van der Waals surface area contributed by atoms with E-state index in [1.807, 2.05) is 12.1 Å². The van der Waals surface area contributed by atoms with Gasteiger partial charge in [0.15, 0.2) is 0 Å². The summed E-state index contributed by atoms with van der Waals surface area (Å²) in [7, 11) is 0. The number of halogens is 1. The maximum absolute atomic E-state index is 12.9. The maximum atomic E-state index is 12.9. The Morgan fingerprint density at radius 1 is 1.06 bits per heavy atom. The summed E-state index contributed by atoms with van der Waals surface area (Å²) in [5.41, 5.74) is 1.17. The molecular formula is C16H24FN.